The Hall–Kier alpha value is 0.790. The second-order valence-electron chi connectivity index (χ2n) is 1.67. The molecule has 1 unspecified atom stereocenters. The first-order valence-electron chi connectivity index (χ1n) is 2.51. The molecule has 0 radical (unpaired) electrons. The molecular formula is C5H7INPS. The van der Waals surface area contributed by atoms with Crippen LogP contribution in [0.25, 0.3) is 0 Å². The molecule has 9 heavy (non-hydrogen) atoms. The highest BCUT2D eigenvalue weighted by atomic mass is 127. The van der Waals surface area contributed by atoms with Gasteiger partial charge >= 0.3 is 0 Å². The molecule has 0 spiro atoms. The van der Waals surface area contributed by atoms with Gasteiger partial charge in [-0.05, 0) is 6.92 Å². The summed E-state index contributed by atoms with van der Waals surface area (Å²) in [6, 6.07) is 0. The maximum atomic E-state index is 4.26. The molecule has 1 aromatic heterocycles. The van der Waals surface area contributed by atoms with E-state index in [0.717, 1.165) is 14.9 Å². The van der Waals surface area contributed by atoms with Crippen molar-refractivity contribution in [2.24, 2.45) is 0 Å². The van der Waals surface area contributed by atoms with Crippen molar-refractivity contribution in [3.05, 3.63) is 9.88 Å². The monoisotopic (exact) mass is 271 g/mol. The quantitative estimate of drug-likeness (QED) is 0.432. The van der Waals surface area contributed by atoms with Gasteiger partial charge in [-0.15, -0.1) is 11.3 Å². The van der Waals surface area contributed by atoms with E-state index in [1.54, 1.807) is 11.3 Å². The zero-order valence-electron chi connectivity index (χ0n) is 5.02. The fraction of sp³-hybridized carbons (Fsp3) is 0.400. The van der Waals surface area contributed by atoms with E-state index in [0.29, 0.717) is 0 Å². The number of thiazole rings is 1. The summed E-state index contributed by atoms with van der Waals surface area (Å²) in [5.74, 6) is 0. The SMILES string of the molecule is Cc1nc(P)c(CI)s1. The number of hydrogen-bond donors (Lipinski definition) is 0. The molecule has 0 saturated heterocycles. The van der Waals surface area contributed by atoms with Gasteiger partial charge in [-0.2, -0.15) is 0 Å². The molecule has 0 aromatic carbocycles. The van der Waals surface area contributed by atoms with E-state index in [4.69, 9.17) is 0 Å². The van der Waals surface area contributed by atoms with Crippen molar-refractivity contribution in [3.63, 3.8) is 0 Å². The molecule has 1 nitrogen and oxygen atoms in total. The van der Waals surface area contributed by atoms with Crippen LogP contribution in [0.3, 0.4) is 0 Å². The van der Waals surface area contributed by atoms with Gasteiger partial charge in [0.2, 0.25) is 0 Å². The first-order chi connectivity index (χ1) is 4.24. The zero-order valence-corrected chi connectivity index (χ0v) is 9.15. The second-order valence-corrected chi connectivity index (χ2v) is 4.27. The number of aryl methyl sites for hydroxylation is 1. The maximum Gasteiger partial charge on any atom is 0.0904 e. The summed E-state index contributed by atoms with van der Waals surface area (Å²) in [6.45, 7) is 2.04. The van der Waals surface area contributed by atoms with Crippen LogP contribution in [0.4, 0.5) is 0 Å². The number of nitrogens with zero attached hydrogens (tertiary/aromatic N) is 1. The van der Waals surface area contributed by atoms with Crippen LogP contribution < -0.4 is 5.44 Å². The summed E-state index contributed by atoms with van der Waals surface area (Å²) in [7, 11) is 2.65. The molecule has 1 heterocycles. The fourth-order valence-corrected chi connectivity index (χ4v) is 3.13. The normalized spacial score (nSPS) is 10.1. The smallest absolute Gasteiger partial charge is 0.0904 e. The molecule has 0 amide bonds. The Bertz CT molecular complexity index is 211. The predicted octanol–water partition coefficient (Wildman–Crippen LogP) is 1.89. The average molecular weight is 271 g/mol. The Morgan fingerprint density at radius 3 is 2.67 bits per heavy atom. The van der Waals surface area contributed by atoms with Gasteiger partial charge in [-0.25, -0.2) is 4.98 Å². The second kappa shape index (κ2) is 3.26. The molecule has 0 bridgehead atoms. The zero-order chi connectivity index (χ0) is 6.85. The molecule has 50 valence electrons. The van der Waals surface area contributed by atoms with E-state index in [-0.39, 0.29) is 0 Å². The summed E-state index contributed by atoms with van der Waals surface area (Å²) in [5.41, 5.74) is 1.12. The van der Waals surface area contributed by atoms with Gasteiger partial charge in [0.25, 0.3) is 0 Å². The molecular weight excluding hydrogens is 264 g/mol. The summed E-state index contributed by atoms with van der Waals surface area (Å²) in [4.78, 5) is 5.63. The van der Waals surface area contributed by atoms with E-state index in [1.165, 1.54) is 4.88 Å². The van der Waals surface area contributed by atoms with Gasteiger partial charge in [-0.3, -0.25) is 0 Å². The summed E-state index contributed by atoms with van der Waals surface area (Å²) < 4.78 is 1.07. The van der Waals surface area contributed by atoms with Gasteiger partial charge in [0.05, 0.1) is 10.4 Å². The molecule has 0 fully saturated rings. The van der Waals surface area contributed by atoms with Crippen molar-refractivity contribution < 1.29 is 0 Å². The lowest BCUT2D eigenvalue weighted by Crippen LogP contribution is -1.94. The van der Waals surface area contributed by atoms with Crippen molar-refractivity contribution in [2.75, 3.05) is 0 Å². The number of hydrogen-bond acceptors (Lipinski definition) is 2. The molecule has 1 rings (SSSR count). The Labute approximate surface area is 74.6 Å². The van der Waals surface area contributed by atoms with Crippen LogP contribution in [0.15, 0.2) is 0 Å². The average Bonchev–Trinajstić information content (AvgIpc) is 2.10. The highest BCUT2D eigenvalue weighted by molar-refractivity contribution is 14.1. The third-order valence-corrected chi connectivity index (χ3v) is 3.91. The largest absolute Gasteiger partial charge is 0.242 e. The van der Waals surface area contributed by atoms with Gasteiger partial charge in [0.15, 0.2) is 0 Å². The summed E-state index contributed by atoms with van der Waals surface area (Å²) in [5, 5.41) is 1.16. The van der Waals surface area contributed by atoms with Crippen molar-refractivity contribution in [1.29, 1.82) is 0 Å². The van der Waals surface area contributed by atoms with Crippen LogP contribution in [-0.4, -0.2) is 4.98 Å². The molecule has 0 aliphatic heterocycles. The van der Waals surface area contributed by atoms with Gasteiger partial charge in [-0.1, -0.05) is 31.8 Å². The Morgan fingerprint density at radius 2 is 2.44 bits per heavy atom. The minimum Gasteiger partial charge on any atom is -0.242 e. The van der Waals surface area contributed by atoms with Crippen LogP contribution >= 0.6 is 43.2 Å². The minimum atomic E-state index is 1.07. The Kier molecular flexibility index (Phi) is 2.86. The minimum absolute atomic E-state index is 1.07. The van der Waals surface area contributed by atoms with E-state index in [9.17, 15) is 0 Å². The van der Waals surface area contributed by atoms with Crippen molar-refractivity contribution in [2.45, 2.75) is 11.4 Å². The number of rotatable bonds is 1. The number of aromatic nitrogens is 1. The summed E-state index contributed by atoms with van der Waals surface area (Å²) in [6.07, 6.45) is 0. The van der Waals surface area contributed by atoms with Crippen LogP contribution in [0.5, 0.6) is 0 Å². The lowest BCUT2D eigenvalue weighted by atomic mass is 10.6. The Balaban J connectivity index is 3.01. The van der Waals surface area contributed by atoms with E-state index >= 15 is 0 Å². The highest BCUT2D eigenvalue weighted by Gasteiger charge is 2.00. The van der Waals surface area contributed by atoms with Gasteiger partial charge in [0.1, 0.15) is 0 Å². The van der Waals surface area contributed by atoms with E-state index in [1.807, 2.05) is 6.92 Å². The standard InChI is InChI=1S/C5H7INPS/c1-3-7-5(8)4(2-6)9-3/h2,8H2,1H3. The first kappa shape index (κ1) is 7.89. The molecule has 1 atom stereocenters. The molecule has 0 aliphatic carbocycles. The summed E-state index contributed by atoms with van der Waals surface area (Å²) >= 11 is 4.12. The van der Waals surface area contributed by atoms with Crippen LogP contribution in [-0.2, 0) is 4.43 Å². The topological polar surface area (TPSA) is 12.9 Å². The van der Waals surface area contributed by atoms with Crippen LogP contribution in [0.2, 0.25) is 0 Å². The van der Waals surface area contributed by atoms with Crippen LogP contribution in [0.1, 0.15) is 9.88 Å². The highest BCUT2D eigenvalue weighted by Crippen LogP contribution is 2.14. The third kappa shape index (κ3) is 1.85. The fourth-order valence-electron chi connectivity index (χ4n) is 0.581. The van der Waals surface area contributed by atoms with Crippen molar-refractivity contribution in [1.82, 2.24) is 4.98 Å². The molecule has 0 N–H and O–H groups in total. The van der Waals surface area contributed by atoms with E-state index < -0.39 is 0 Å². The molecule has 4 heteroatoms. The lowest BCUT2D eigenvalue weighted by molar-refractivity contribution is 1.33. The first-order valence-corrected chi connectivity index (χ1v) is 5.43. The van der Waals surface area contributed by atoms with Crippen molar-refractivity contribution in [3.8, 4) is 0 Å². The lowest BCUT2D eigenvalue weighted by Gasteiger charge is -1.84. The number of halogens is 1. The Morgan fingerprint density at radius 1 is 1.78 bits per heavy atom. The third-order valence-electron chi connectivity index (χ3n) is 0.956. The van der Waals surface area contributed by atoms with Crippen LogP contribution in [0, 0.1) is 6.92 Å². The predicted molar refractivity (Wildman–Crippen MR) is 53.9 cm³/mol. The molecule has 0 saturated carbocycles. The number of alkyl halides is 1. The molecule has 1 aromatic rings. The molecule has 0 aliphatic rings. The maximum absolute atomic E-state index is 4.26. The van der Waals surface area contributed by atoms with Gasteiger partial charge < -0.3 is 0 Å². The van der Waals surface area contributed by atoms with Crippen molar-refractivity contribution >= 4 is 48.6 Å². The van der Waals surface area contributed by atoms with E-state index in [2.05, 4.69) is 36.8 Å². The van der Waals surface area contributed by atoms with Gasteiger partial charge in [0, 0.05) is 9.30 Å².